The van der Waals surface area contributed by atoms with Crippen LogP contribution in [-0.4, -0.2) is 55.1 Å². The monoisotopic (exact) mass is 368 g/mol. The number of methoxy groups -OCH3 is 1. The van der Waals surface area contributed by atoms with Crippen molar-refractivity contribution < 1.29 is 14.3 Å². The first kappa shape index (κ1) is 19.2. The maximum absolute atomic E-state index is 12.9. The molecule has 2 aromatic rings. The maximum Gasteiger partial charge on any atom is 0.263 e. The van der Waals surface area contributed by atoms with Crippen LogP contribution in [-0.2, 0) is 11.3 Å². The molecule has 1 aliphatic rings. The lowest BCUT2D eigenvalue weighted by molar-refractivity contribution is -0.140. The van der Waals surface area contributed by atoms with Crippen LogP contribution < -0.4 is 9.47 Å². The molecule has 1 saturated heterocycles. The minimum Gasteiger partial charge on any atom is -0.493 e. The van der Waals surface area contributed by atoms with E-state index in [-0.39, 0.29) is 5.91 Å². The zero-order valence-electron chi connectivity index (χ0n) is 16.1. The Kier molecular flexibility index (Phi) is 6.71. The molecular formula is C22H28N2O3. The van der Waals surface area contributed by atoms with Crippen LogP contribution in [0, 0.1) is 0 Å². The van der Waals surface area contributed by atoms with Crippen LogP contribution in [0.25, 0.3) is 0 Å². The zero-order chi connectivity index (χ0) is 19.1. The first-order chi connectivity index (χ1) is 13.2. The van der Waals surface area contributed by atoms with Crippen molar-refractivity contribution in [3.05, 3.63) is 60.2 Å². The predicted molar refractivity (Wildman–Crippen MR) is 106 cm³/mol. The van der Waals surface area contributed by atoms with Gasteiger partial charge in [-0.25, -0.2) is 0 Å². The molecule has 2 aromatic carbocycles. The van der Waals surface area contributed by atoms with Gasteiger partial charge in [0.2, 0.25) is 0 Å². The molecule has 1 heterocycles. The highest BCUT2D eigenvalue weighted by atomic mass is 16.5. The molecule has 0 spiro atoms. The molecular weight excluding hydrogens is 340 g/mol. The fourth-order valence-electron chi connectivity index (χ4n) is 3.35. The van der Waals surface area contributed by atoms with E-state index in [9.17, 15) is 4.79 Å². The molecule has 5 nitrogen and oxygen atoms in total. The highest BCUT2D eigenvalue weighted by molar-refractivity contribution is 5.81. The van der Waals surface area contributed by atoms with Crippen molar-refractivity contribution in [2.45, 2.75) is 26.0 Å². The van der Waals surface area contributed by atoms with Gasteiger partial charge in [0.1, 0.15) is 0 Å². The van der Waals surface area contributed by atoms with E-state index in [2.05, 4.69) is 29.2 Å². The van der Waals surface area contributed by atoms with Gasteiger partial charge in [-0.1, -0.05) is 49.4 Å². The van der Waals surface area contributed by atoms with E-state index in [1.54, 1.807) is 7.11 Å². The van der Waals surface area contributed by atoms with Crippen molar-refractivity contribution in [3.8, 4) is 11.5 Å². The number of ether oxygens (including phenoxy) is 2. The number of hydrogen-bond acceptors (Lipinski definition) is 4. The summed E-state index contributed by atoms with van der Waals surface area (Å²) < 4.78 is 11.3. The summed E-state index contributed by atoms with van der Waals surface area (Å²) in [5.41, 5.74) is 1.31. The van der Waals surface area contributed by atoms with Gasteiger partial charge in [-0.2, -0.15) is 0 Å². The largest absolute Gasteiger partial charge is 0.493 e. The Morgan fingerprint density at radius 3 is 2.22 bits per heavy atom. The van der Waals surface area contributed by atoms with Crippen LogP contribution in [0.3, 0.4) is 0 Å². The van der Waals surface area contributed by atoms with Gasteiger partial charge in [0.05, 0.1) is 7.11 Å². The fraction of sp³-hybridized carbons (Fsp3) is 0.409. The Balaban J connectivity index is 1.55. The molecule has 27 heavy (non-hydrogen) atoms. The summed E-state index contributed by atoms with van der Waals surface area (Å²) in [7, 11) is 1.61. The molecule has 0 bridgehead atoms. The number of benzene rings is 2. The van der Waals surface area contributed by atoms with Crippen molar-refractivity contribution >= 4 is 5.91 Å². The summed E-state index contributed by atoms with van der Waals surface area (Å²) in [6.07, 6.45) is 0.142. The molecule has 1 aliphatic heterocycles. The second-order valence-corrected chi connectivity index (χ2v) is 6.75. The summed E-state index contributed by atoms with van der Waals surface area (Å²) in [6.45, 7) is 6.13. The first-order valence-corrected chi connectivity index (χ1v) is 9.56. The Labute approximate surface area is 161 Å². The van der Waals surface area contributed by atoms with Crippen LogP contribution in [0.15, 0.2) is 54.6 Å². The standard InChI is InChI=1S/C22H28N2O3/c1-3-19(27-21-12-8-7-11-20(21)26-2)22(25)24-15-13-23(14-16-24)17-18-9-5-4-6-10-18/h4-12,19H,3,13-17H2,1-2H3/t19-/m1/s1. The van der Waals surface area contributed by atoms with Crippen LogP contribution in [0.4, 0.5) is 0 Å². The number of hydrogen-bond donors (Lipinski definition) is 0. The van der Waals surface area contributed by atoms with Crippen LogP contribution >= 0.6 is 0 Å². The average Bonchev–Trinajstić information content (AvgIpc) is 2.73. The molecule has 0 radical (unpaired) electrons. The molecule has 3 rings (SSSR count). The molecule has 0 aromatic heterocycles. The van der Waals surface area contributed by atoms with E-state index in [0.717, 1.165) is 32.7 Å². The zero-order valence-corrected chi connectivity index (χ0v) is 16.1. The molecule has 1 atom stereocenters. The number of carbonyl (C=O) groups excluding carboxylic acids is 1. The molecule has 0 aliphatic carbocycles. The van der Waals surface area contributed by atoms with E-state index in [1.807, 2.05) is 42.2 Å². The average molecular weight is 368 g/mol. The quantitative estimate of drug-likeness (QED) is 0.753. The van der Waals surface area contributed by atoms with Crippen molar-refractivity contribution in [1.82, 2.24) is 9.80 Å². The number of piperazine rings is 1. The molecule has 5 heteroatoms. The predicted octanol–water partition coefficient (Wildman–Crippen LogP) is 3.20. The van der Waals surface area contributed by atoms with E-state index in [0.29, 0.717) is 17.9 Å². The van der Waals surface area contributed by atoms with Crippen molar-refractivity contribution in [1.29, 1.82) is 0 Å². The Hall–Kier alpha value is -2.53. The lowest BCUT2D eigenvalue weighted by Gasteiger charge is -2.36. The summed E-state index contributed by atoms with van der Waals surface area (Å²) in [5.74, 6) is 1.32. The molecule has 0 saturated carbocycles. The lowest BCUT2D eigenvalue weighted by Crippen LogP contribution is -2.52. The maximum atomic E-state index is 12.9. The summed E-state index contributed by atoms with van der Waals surface area (Å²) in [6, 6.07) is 17.9. The van der Waals surface area contributed by atoms with Crippen LogP contribution in [0.1, 0.15) is 18.9 Å². The molecule has 0 unspecified atom stereocenters. The molecule has 0 N–H and O–H groups in total. The number of carbonyl (C=O) groups is 1. The number of para-hydroxylation sites is 2. The van der Waals surface area contributed by atoms with Gasteiger partial charge in [-0.05, 0) is 24.1 Å². The van der Waals surface area contributed by atoms with E-state index in [1.165, 1.54) is 5.56 Å². The SMILES string of the molecule is CC[C@@H](Oc1ccccc1OC)C(=O)N1CCN(Cc2ccccc2)CC1. The van der Waals surface area contributed by atoms with Gasteiger partial charge in [-0.15, -0.1) is 0 Å². The van der Waals surface area contributed by atoms with Gasteiger partial charge in [0.25, 0.3) is 5.91 Å². The van der Waals surface area contributed by atoms with Gasteiger partial charge in [-0.3, -0.25) is 9.69 Å². The Morgan fingerprint density at radius 2 is 1.59 bits per heavy atom. The highest BCUT2D eigenvalue weighted by Crippen LogP contribution is 2.27. The molecule has 1 amide bonds. The van der Waals surface area contributed by atoms with Crippen molar-refractivity contribution in [2.75, 3.05) is 33.3 Å². The third-order valence-corrected chi connectivity index (χ3v) is 4.92. The smallest absolute Gasteiger partial charge is 0.263 e. The number of rotatable bonds is 7. The van der Waals surface area contributed by atoms with Gasteiger partial charge in [0.15, 0.2) is 17.6 Å². The van der Waals surface area contributed by atoms with Crippen LogP contribution in [0.5, 0.6) is 11.5 Å². The molecule has 144 valence electrons. The van der Waals surface area contributed by atoms with Gasteiger partial charge < -0.3 is 14.4 Å². The Morgan fingerprint density at radius 1 is 0.963 bits per heavy atom. The summed E-state index contributed by atoms with van der Waals surface area (Å²) in [4.78, 5) is 17.3. The van der Waals surface area contributed by atoms with E-state index in [4.69, 9.17) is 9.47 Å². The van der Waals surface area contributed by atoms with Crippen molar-refractivity contribution in [2.24, 2.45) is 0 Å². The summed E-state index contributed by atoms with van der Waals surface area (Å²) in [5, 5.41) is 0. The second-order valence-electron chi connectivity index (χ2n) is 6.75. The van der Waals surface area contributed by atoms with E-state index >= 15 is 0 Å². The second kappa shape index (κ2) is 9.42. The Bertz CT molecular complexity index is 727. The first-order valence-electron chi connectivity index (χ1n) is 9.56. The van der Waals surface area contributed by atoms with Crippen molar-refractivity contribution in [3.63, 3.8) is 0 Å². The third-order valence-electron chi connectivity index (χ3n) is 4.92. The van der Waals surface area contributed by atoms with Gasteiger partial charge in [0, 0.05) is 32.7 Å². The van der Waals surface area contributed by atoms with E-state index < -0.39 is 6.10 Å². The number of nitrogens with zero attached hydrogens (tertiary/aromatic N) is 2. The minimum absolute atomic E-state index is 0.0581. The van der Waals surface area contributed by atoms with Crippen LogP contribution in [0.2, 0.25) is 0 Å². The lowest BCUT2D eigenvalue weighted by atomic mass is 10.1. The topological polar surface area (TPSA) is 42.0 Å². The molecule has 1 fully saturated rings. The minimum atomic E-state index is -0.484. The third kappa shape index (κ3) is 5.01. The fourth-order valence-corrected chi connectivity index (χ4v) is 3.35. The van der Waals surface area contributed by atoms with Gasteiger partial charge >= 0.3 is 0 Å². The normalized spacial score (nSPS) is 16.0. The highest BCUT2D eigenvalue weighted by Gasteiger charge is 2.28. The summed E-state index contributed by atoms with van der Waals surface area (Å²) >= 11 is 0. The number of amides is 1.